The summed E-state index contributed by atoms with van der Waals surface area (Å²) in [5.41, 5.74) is 2.41. The van der Waals surface area contributed by atoms with Crippen molar-refractivity contribution in [2.45, 2.75) is 13.2 Å². The maximum atomic E-state index is 12.8. The van der Waals surface area contributed by atoms with Crippen molar-refractivity contribution >= 4 is 11.7 Å². The number of ether oxygens (including phenoxy) is 3. The number of nitrogens with zero attached hydrogens (tertiary/aromatic N) is 2. The van der Waals surface area contributed by atoms with Crippen LogP contribution in [-0.2, 0) is 13.2 Å². The molecular weight excluding hydrogens is 418 g/mol. The van der Waals surface area contributed by atoms with Crippen LogP contribution in [0, 0.1) is 0 Å². The minimum absolute atomic E-state index is 0.218. The summed E-state index contributed by atoms with van der Waals surface area (Å²) < 4.78 is 18.3. The molecule has 1 aromatic heterocycles. The van der Waals surface area contributed by atoms with E-state index in [4.69, 9.17) is 14.2 Å². The Balaban J connectivity index is 1.41. The van der Waals surface area contributed by atoms with Gasteiger partial charge in [-0.15, -0.1) is 0 Å². The molecule has 0 saturated carbocycles. The van der Waals surface area contributed by atoms with Gasteiger partial charge in [-0.2, -0.15) is 5.10 Å². The third-order valence-electron chi connectivity index (χ3n) is 5.13. The molecule has 4 aromatic rings. The van der Waals surface area contributed by atoms with Gasteiger partial charge in [0.1, 0.15) is 18.2 Å². The van der Waals surface area contributed by atoms with E-state index in [9.17, 15) is 4.79 Å². The molecule has 0 unspecified atom stereocenters. The maximum Gasteiger partial charge on any atom is 0.256 e. The zero-order valence-corrected chi connectivity index (χ0v) is 18.5. The fraction of sp³-hybridized carbons (Fsp3) is 0.154. The van der Waals surface area contributed by atoms with Crippen LogP contribution in [0.5, 0.6) is 17.2 Å². The Bertz CT molecular complexity index is 1200. The summed E-state index contributed by atoms with van der Waals surface area (Å²) >= 11 is 0. The van der Waals surface area contributed by atoms with Gasteiger partial charge in [0, 0.05) is 17.2 Å². The number of nitrogens with one attached hydrogen (secondary N) is 1. The quantitative estimate of drug-likeness (QED) is 0.403. The molecule has 0 radical (unpaired) electrons. The molecule has 33 heavy (non-hydrogen) atoms. The molecule has 0 fully saturated rings. The molecule has 3 aromatic carbocycles. The van der Waals surface area contributed by atoms with E-state index >= 15 is 0 Å². The Labute approximate surface area is 192 Å². The van der Waals surface area contributed by atoms with Gasteiger partial charge in [-0.25, -0.2) is 4.68 Å². The van der Waals surface area contributed by atoms with Gasteiger partial charge in [0.05, 0.1) is 27.0 Å². The first-order valence-electron chi connectivity index (χ1n) is 10.5. The zero-order chi connectivity index (χ0) is 23.0. The van der Waals surface area contributed by atoms with Crippen molar-refractivity contribution in [1.29, 1.82) is 0 Å². The van der Waals surface area contributed by atoms with Gasteiger partial charge >= 0.3 is 0 Å². The zero-order valence-electron chi connectivity index (χ0n) is 18.5. The summed E-state index contributed by atoms with van der Waals surface area (Å²) in [5.74, 6) is 2.46. The highest BCUT2D eigenvalue weighted by atomic mass is 16.5. The molecule has 0 aliphatic rings. The van der Waals surface area contributed by atoms with Gasteiger partial charge in [-0.3, -0.25) is 4.79 Å². The second kappa shape index (κ2) is 10.4. The van der Waals surface area contributed by atoms with Crippen molar-refractivity contribution in [2.75, 3.05) is 19.5 Å². The van der Waals surface area contributed by atoms with E-state index in [2.05, 4.69) is 10.4 Å². The maximum absolute atomic E-state index is 12.8. The van der Waals surface area contributed by atoms with Crippen LogP contribution in [-0.4, -0.2) is 29.9 Å². The number of methoxy groups -OCH3 is 2. The van der Waals surface area contributed by atoms with Crippen LogP contribution in [0.3, 0.4) is 0 Å². The minimum atomic E-state index is -0.218. The largest absolute Gasteiger partial charge is 0.493 e. The smallest absolute Gasteiger partial charge is 0.256 e. The summed E-state index contributed by atoms with van der Waals surface area (Å²) in [7, 11) is 3.20. The normalized spacial score (nSPS) is 10.5. The number of anilines is 1. The van der Waals surface area contributed by atoms with Crippen LogP contribution in [0.4, 0.5) is 5.82 Å². The molecule has 168 valence electrons. The van der Waals surface area contributed by atoms with Gasteiger partial charge in [-0.05, 0) is 35.9 Å². The molecular formula is C26H25N3O4. The van der Waals surface area contributed by atoms with Crippen molar-refractivity contribution in [1.82, 2.24) is 9.78 Å². The topological polar surface area (TPSA) is 74.6 Å². The van der Waals surface area contributed by atoms with Gasteiger partial charge in [0.15, 0.2) is 11.5 Å². The Morgan fingerprint density at radius 3 is 2.42 bits per heavy atom. The van der Waals surface area contributed by atoms with Crippen molar-refractivity contribution in [2.24, 2.45) is 0 Å². The standard InChI is InChI=1S/C26H25N3O4/c1-31-23-10-6-7-21(25(23)32-2)17-29-24(15-16-27-29)28-26(30)20-13-11-19(12-14-20)18-33-22-8-4-3-5-9-22/h3-16H,17-18H2,1-2H3,(H,28,30). The Hall–Kier alpha value is -4.26. The van der Waals surface area contributed by atoms with Gasteiger partial charge in [0.2, 0.25) is 0 Å². The van der Waals surface area contributed by atoms with Crippen molar-refractivity contribution in [3.8, 4) is 17.2 Å². The van der Waals surface area contributed by atoms with E-state index < -0.39 is 0 Å². The third kappa shape index (κ3) is 5.33. The molecule has 1 amide bonds. The van der Waals surface area contributed by atoms with Crippen molar-refractivity contribution in [3.05, 3.63) is 102 Å². The number of hydrogen-bond donors (Lipinski definition) is 1. The van der Waals surface area contributed by atoms with Crippen LogP contribution in [0.1, 0.15) is 21.5 Å². The number of hydrogen-bond acceptors (Lipinski definition) is 5. The van der Waals surface area contributed by atoms with E-state index in [1.165, 1.54) is 0 Å². The highest BCUT2D eigenvalue weighted by Gasteiger charge is 2.14. The molecule has 7 heteroatoms. The second-order valence-electron chi connectivity index (χ2n) is 7.28. The summed E-state index contributed by atoms with van der Waals surface area (Å²) in [5, 5.41) is 7.27. The molecule has 1 heterocycles. The summed E-state index contributed by atoms with van der Waals surface area (Å²) in [4.78, 5) is 12.8. The first-order chi connectivity index (χ1) is 16.2. The van der Waals surface area contributed by atoms with Crippen LogP contribution >= 0.6 is 0 Å². The monoisotopic (exact) mass is 443 g/mol. The number of rotatable bonds is 9. The molecule has 4 rings (SSSR count). The molecule has 0 atom stereocenters. The Kier molecular flexibility index (Phi) is 6.90. The van der Waals surface area contributed by atoms with E-state index in [1.54, 1.807) is 43.3 Å². The number of carbonyl (C=O) groups excluding carboxylic acids is 1. The third-order valence-corrected chi connectivity index (χ3v) is 5.13. The lowest BCUT2D eigenvalue weighted by atomic mass is 10.1. The lowest BCUT2D eigenvalue weighted by molar-refractivity contribution is 0.102. The summed E-state index contributed by atoms with van der Waals surface area (Å²) in [6.07, 6.45) is 1.65. The molecule has 0 bridgehead atoms. The summed E-state index contributed by atoms with van der Waals surface area (Å²) in [6, 6.07) is 24.4. The highest BCUT2D eigenvalue weighted by molar-refractivity contribution is 6.03. The van der Waals surface area contributed by atoms with Gasteiger partial charge < -0.3 is 19.5 Å². The number of aromatic nitrogens is 2. The van der Waals surface area contributed by atoms with E-state index in [-0.39, 0.29) is 5.91 Å². The highest BCUT2D eigenvalue weighted by Crippen LogP contribution is 2.31. The van der Waals surface area contributed by atoms with E-state index in [0.29, 0.717) is 36.0 Å². The average Bonchev–Trinajstić information content (AvgIpc) is 3.29. The number of para-hydroxylation sites is 2. The minimum Gasteiger partial charge on any atom is -0.493 e. The van der Waals surface area contributed by atoms with E-state index in [0.717, 1.165) is 16.9 Å². The number of carbonyl (C=O) groups is 1. The van der Waals surface area contributed by atoms with Crippen molar-refractivity contribution < 1.29 is 19.0 Å². The fourth-order valence-electron chi connectivity index (χ4n) is 3.43. The second-order valence-corrected chi connectivity index (χ2v) is 7.28. The van der Waals surface area contributed by atoms with Gasteiger partial charge in [0.25, 0.3) is 5.91 Å². The number of benzene rings is 3. The van der Waals surface area contributed by atoms with Crippen LogP contribution in [0.2, 0.25) is 0 Å². The van der Waals surface area contributed by atoms with Crippen LogP contribution < -0.4 is 19.5 Å². The Morgan fingerprint density at radius 1 is 0.909 bits per heavy atom. The summed E-state index contributed by atoms with van der Waals surface area (Å²) in [6.45, 7) is 0.847. The average molecular weight is 444 g/mol. The molecule has 7 nitrogen and oxygen atoms in total. The predicted molar refractivity (Wildman–Crippen MR) is 126 cm³/mol. The fourth-order valence-corrected chi connectivity index (χ4v) is 3.43. The molecule has 0 spiro atoms. The predicted octanol–water partition coefficient (Wildman–Crippen LogP) is 4.78. The molecule has 0 aliphatic heterocycles. The van der Waals surface area contributed by atoms with Crippen LogP contribution in [0.25, 0.3) is 0 Å². The van der Waals surface area contributed by atoms with Crippen molar-refractivity contribution in [3.63, 3.8) is 0 Å². The van der Waals surface area contributed by atoms with Crippen LogP contribution in [0.15, 0.2) is 85.1 Å². The first kappa shape index (κ1) is 22.0. The lowest BCUT2D eigenvalue weighted by Crippen LogP contribution is -2.16. The number of amides is 1. The lowest BCUT2D eigenvalue weighted by Gasteiger charge is -2.14. The van der Waals surface area contributed by atoms with E-state index in [1.807, 2.05) is 60.7 Å². The first-order valence-corrected chi connectivity index (χ1v) is 10.5. The molecule has 1 N–H and O–H groups in total. The SMILES string of the molecule is COc1cccc(Cn2nccc2NC(=O)c2ccc(COc3ccccc3)cc2)c1OC. The van der Waals surface area contributed by atoms with Gasteiger partial charge in [-0.1, -0.05) is 42.5 Å². The molecule has 0 aliphatic carbocycles. The molecule has 0 saturated heterocycles. The Morgan fingerprint density at radius 2 is 1.70 bits per heavy atom.